The van der Waals surface area contributed by atoms with Crippen molar-refractivity contribution in [3.8, 4) is 0 Å². The first kappa shape index (κ1) is 33.7. The van der Waals surface area contributed by atoms with E-state index >= 15 is 0 Å². The van der Waals surface area contributed by atoms with Gasteiger partial charge in [-0.1, -0.05) is 80.1 Å². The molecule has 5 N–H and O–H groups in total. The number of amides is 4. The normalized spacial score (nSPS) is 28.5. The quantitative estimate of drug-likeness (QED) is 0.238. The van der Waals surface area contributed by atoms with Gasteiger partial charge in [-0.3, -0.25) is 19.3 Å². The van der Waals surface area contributed by atoms with Gasteiger partial charge in [0.1, 0.15) is 0 Å². The van der Waals surface area contributed by atoms with Crippen molar-refractivity contribution < 1.29 is 23.9 Å². The van der Waals surface area contributed by atoms with Crippen LogP contribution in [0.3, 0.4) is 0 Å². The molecular weight excluding hydrogens is 546 g/mol. The number of hydrogen-bond acceptors (Lipinski definition) is 6. The van der Waals surface area contributed by atoms with Gasteiger partial charge in [-0.05, 0) is 53.3 Å². The fraction of sp³-hybridized carbons (Fsp3) is 0.879. The number of likely N-dealkylation sites (tertiary alicyclic amines) is 1. The Morgan fingerprint density at radius 2 is 1.63 bits per heavy atom. The van der Waals surface area contributed by atoms with Crippen molar-refractivity contribution >= 4 is 23.6 Å². The molecule has 1 heterocycles. The van der Waals surface area contributed by atoms with Gasteiger partial charge in [0.05, 0.1) is 24.7 Å². The summed E-state index contributed by atoms with van der Waals surface area (Å²) in [7, 11) is 1.64. The van der Waals surface area contributed by atoms with Gasteiger partial charge in [0.2, 0.25) is 11.7 Å². The average molecular weight is 604 g/mol. The Morgan fingerprint density at radius 1 is 0.977 bits per heavy atom. The number of nitrogens with one attached hydrogen (secondary N) is 3. The molecular formula is C33H57N5O5. The van der Waals surface area contributed by atoms with Crippen LogP contribution in [0.1, 0.15) is 99.3 Å². The molecule has 1 aliphatic heterocycles. The number of ether oxygens (including phenoxy) is 1. The molecule has 0 aromatic carbocycles. The van der Waals surface area contributed by atoms with Gasteiger partial charge in [0.15, 0.2) is 0 Å². The van der Waals surface area contributed by atoms with Crippen molar-refractivity contribution in [2.45, 2.75) is 123 Å². The molecule has 43 heavy (non-hydrogen) atoms. The number of rotatable bonds is 13. The van der Waals surface area contributed by atoms with E-state index in [2.05, 4.69) is 62.4 Å². The third kappa shape index (κ3) is 7.55. The Kier molecular flexibility index (Phi) is 10.2. The second kappa shape index (κ2) is 13.0. The van der Waals surface area contributed by atoms with Crippen LogP contribution in [0, 0.1) is 34.0 Å². The molecule has 0 aromatic heterocycles. The number of hydrogen-bond donors (Lipinski definition) is 4. The number of carbonyl (C=O) groups excluding carboxylic acids is 4. The number of nitrogens with zero attached hydrogens (tertiary/aromatic N) is 1. The van der Waals surface area contributed by atoms with Crippen LogP contribution >= 0.6 is 0 Å². The zero-order chi connectivity index (χ0) is 31.7. The van der Waals surface area contributed by atoms with E-state index in [0.29, 0.717) is 31.4 Å². The average Bonchev–Trinajstić information content (AvgIpc) is 3.21. The lowest BCUT2D eigenvalue weighted by molar-refractivity contribution is -0.139. The molecule has 1 unspecified atom stereocenters. The Hall–Kier alpha value is -2.20. The van der Waals surface area contributed by atoms with Crippen molar-refractivity contribution in [1.29, 1.82) is 0 Å². The van der Waals surface area contributed by atoms with E-state index in [9.17, 15) is 19.2 Å². The Balaban J connectivity index is 1.53. The van der Waals surface area contributed by atoms with Crippen LogP contribution in [-0.2, 0) is 19.1 Å². The van der Waals surface area contributed by atoms with Gasteiger partial charge in [0.25, 0.3) is 5.91 Å². The molecule has 0 spiro atoms. The minimum atomic E-state index is -1.000. The number of piperidine rings is 1. The number of ketones is 1. The number of urea groups is 1. The minimum absolute atomic E-state index is 0.0186. The van der Waals surface area contributed by atoms with Crippen LogP contribution < -0.4 is 21.7 Å². The van der Waals surface area contributed by atoms with Crippen molar-refractivity contribution in [3.05, 3.63) is 0 Å². The highest BCUT2D eigenvalue weighted by molar-refractivity contribution is 6.37. The second-order valence-electron chi connectivity index (χ2n) is 15.9. The number of fused-ring (bicyclic) bond motifs is 1. The largest absolute Gasteiger partial charge is 0.383 e. The third-order valence-electron chi connectivity index (χ3n) is 11.5. The third-order valence-corrected chi connectivity index (χ3v) is 11.5. The molecule has 4 amide bonds. The first-order chi connectivity index (χ1) is 20.1. The molecule has 1 saturated heterocycles. The number of carbonyl (C=O) groups is 4. The van der Waals surface area contributed by atoms with Gasteiger partial charge in [0, 0.05) is 26.2 Å². The number of nitrogens with two attached hydrogens (primary N) is 1. The zero-order valence-electron chi connectivity index (χ0n) is 27.6. The summed E-state index contributed by atoms with van der Waals surface area (Å²) in [5, 5.41) is 9.48. The Labute approximate surface area is 258 Å². The maximum Gasteiger partial charge on any atom is 0.315 e. The topological polar surface area (TPSA) is 143 Å². The summed E-state index contributed by atoms with van der Waals surface area (Å²) in [6.07, 6.45) is 9.01. The molecule has 3 aliphatic carbocycles. The van der Waals surface area contributed by atoms with E-state index < -0.39 is 23.8 Å². The van der Waals surface area contributed by atoms with Crippen molar-refractivity contribution in [1.82, 2.24) is 20.9 Å². The first-order valence-corrected chi connectivity index (χ1v) is 16.5. The van der Waals surface area contributed by atoms with Crippen LogP contribution in [-0.4, -0.2) is 79.5 Å². The first-order valence-electron chi connectivity index (χ1n) is 16.5. The Morgan fingerprint density at radius 3 is 2.16 bits per heavy atom. The van der Waals surface area contributed by atoms with Gasteiger partial charge >= 0.3 is 6.03 Å². The molecule has 4 fully saturated rings. The molecule has 0 bridgehead atoms. The van der Waals surface area contributed by atoms with E-state index in [1.807, 2.05) is 0 Å². The maximum atomic E-state index is 14.0. The molecule has 0 aromatic rings. The summed E-state index contributed by atoms with van der Waals surface area (Å²) in [6.45, 7) is 14.6. The number of Topliss-reactive ketones (excluding diaryl/α,β-unsaturated/α-hetero) is 1. The lowest BCUT2D eigenvalue weighted by atomic mass is 9.70. The molecule has 4 aliphatic rings. The SMILES string of the molecule is COC[C@@H](NC(=O)N[C@H](CN1C[C@H]2[C@@H]([C@H]1C(=O)NC(CC1CCC1)C(=O)C(N)=O)C2(C)C)C1(C)CCCCC1)C(C)(C)C. The van der Waals surface area contributed by atoms with Gasteiger partial charge in [-0.2, -0.15) is 0 Å². The number of methoxy groups -OCH3 is 1. The summed E-state index contributed by atoms with van der Waals surface area (Å²) in [5.41, 5.74) is 5.13. The van der Waals surface area contributed by atoms with E-state index in [1.165, 1.54) is 6.42 Å². The molecule has 10 nitrogen and oxygen atoms in total. The zero-order valence-corrected chi connectivity index (χ0v) is 27.6. The van der Waals surface area contributed by atoms with Crippen LogP contribution in [0.15, 0.2) is 0 Å². The van der Waals surface area contributed by atoms with Crippen molar-refractivity contribution in [3.63, 3.8) is 0 Å². The fourth-order valence-corrected chi connectivity index (χ4v) is 8.01. The van der Waals surface area contributed by atoms with E-state index in [0.717, 1.165) is 51.5 Å². The highest BCUT2D eigenvalue weighted by Gasteiger charge is 2.68. The standard InChI is InChI=1S/C33H57N5O5/c1-31(2,3)24(19-43-7)37-30(42)36-23(33(6)14-9-8-10-15-33)18-38-17-21-25(32(21,4)5)26(38)29(41)35-22(27(39)28(34)40)16-20-12-11-13-20/h20-26H,8-19H2,1-7H3,(H2,34,40)(H,35,41)(H2,36,37,42)/t21-,22?,23+,24+,25-,26-/m0/s1. The van der Waals surface area contributed by atoms with Crippen LogP contribution in [0.25, 0.3) is 0 Å². The van der Waals surface area contributed by atoms with Crippen molar-refractivity contribution in [2.24, 2.45) is 39.7 Å². The lowest BCUT2D eigenvalue weighted by Crippen LogP contribution is -2.61. The molecule has 10 heteroatoms. The minimum Gasteiger partial charge on any atom is -0.383 e. The highest BCUT2D eigenvalue weighted by atomic mass is 16.5. The van der Waals surface area contributed by atoms with Crippen LogP contribution in [0.2, 0.25) is 0 Å². The van der Waals surface area contributed by atoms with Crippen molar-refractivity contribution in [2.75, 3.05) is 26.8 Å². The van der Waals surface area contributed by atoms with Crippen LogP contribution in [0.5, 0.6) is 0 Å². The molecule has 4 rings (SSSR count). The van der Waals surface area contributed by atoms with E-state index in [-0.39, 0.29) is 46.2 Å². The molecule has 244 valence electrons. The molecule has 3 saturated carbocycles. The fourth-order valence-electron chi connectivity index (χ4n) is 8.01. The van der Waals surface area contributed by atoms with E-state index in [4.69, 9.17) is 10.5 Å². The van der Waals surface area contributed by atoms with Gasteiger partial charge < -0.3 is 26.4 Å². The summed E-state index contributed by atoms with van der Waals surface area (Å²) in [5.74, 6) is -1.08. The highest BCUT2D eigenvalue weighted by Crippen LogP contribution is 2.65. The maximum absolute atomic E-state index is 14.0. The van der Waals surface area contributed by atoms with Gasteiger partial charge in [-0.25, -0.2) is 4.79 Å². The second-order valence-corrected chi connectivity index (χ2v) is 15.9. The Bertz CT molecular complexity index is 1040. The predicted molar refractivity (Wildman–Crippen MR) is 166 cm³/mol. The molecule has 6 atom stereocenters. The van der Waals surface area contributed by atoms with E-state index in [1.54, 1.807) is 7.11 Å². The summed E-state index contributed by atoms with van der Waals surface area (Å²) >= 11 is 0. The predicted octanol–water partition coefficient (Wildman–Crippen LogP) is 3.37. The molecule has 0 radical (unpaired) electrons. The lowest BCUT2D eigenvalue weighted by Gasteiger charge is -2.44. The summed E-state index contributed by atoms with van der Waals surface area (Å²) in [6, 6.07) is -1.85. The summed E-state index contributed by atoms with van der Waals surface area (Å²) in [4.78, 5) is 54.4. The summed E-state index contributed by atoms with van der Waals surface area (Å²) < 4.78 is 5.41. The van der Waals surface area contributed by atoms with Gasteiger partial charge in [-0.15, -0.1) is 0 Å². The smallest absolute Gasteiger partial charge is 0.315 e. The van der Waals surface area contributed by atoms with Crippen LogP contribution in [0.4, 0.5) is 4.79 Å². The number of primary amides is 1. The monoisotopic (exact) mass is 603 g/mol.